The molecule has 3 aromatic carbocycles. The molecule has 0 unspecified atom stereocenters. The van der Waals surface area contributed by atoms with Gasteiger partial charge >= 0.3 is 6.18 Å². The summed E-state index contributed by atoms with van der Waals surface area (Å²) >= 11 is 5.95. The normalized spacial score (nSPS) is 11.5. The second-order valence-corrected chi connectivity index (χ2v) is 6.65. The molecule has 0 spiro atoms. The predicted molar refractivity (Wildman–Crippen MR) is 111 cm³/mol. The number of rotatable bonds is 7. The van der Waals surface area contributed by atoms with E-state index in [1.807, 2.05) is 30.3 Å². The molecule has 0 aliphatic heterocycles. The molecule has 0 saturated heterocycles. The molecule has 3 aromatic rings. The van der Waals surface area contributed by atoms with Crippen molar-refractivity contribution in [2.45, 2.75) is 12.8 Å². The molecular formula is C22H18ClF3N2O2. The number of methoxy groups -OCH3 is 1. The number of benzene rings is 3. The van der Waals surface area contributed by atoms with Gasteiger partial charge in [-0.1, -0.05) is 41.9 Å². The van der Waals surface area contributed by atoms with Crippen molar-refractivity contribution in [2.75, 3.05) is 12.5 Å². The van der Waals surface area contributed by atoms with Gasteiger partial charge in [0.1, 0.15) is 6.61 Å². The van der Waals surface area contributed by atoms with Crippen LogP contribution in [0.5, 0.6) is 11.5 Å². The predicted octanol–water partition coefficient (Wildman–Crippen LogP) is 6.39. The molecular weight excluding hydrogens is 417 g/mol. The Morgan fingerprint density at radius 3 is 2.47 bits per heavy atom. The number of hydrazone groups is 1. The van der Waals surface area contributed by atoms with E-state index in [0.29, 0.717) is 23.7 Å². The average molecular weight is 435 g/mol. The molecule has 3 rings (SSSR count). The van der Waals surface area contributed by atoms with Crippen molar-refractivity contribution >= 4 is 23.5 Å². The molecule has 0 radical (unpaired) electrons. The molecule has 0 aliphatic carbocycles. The lowest BCUT2D eigenvalue weighted by atomic mass is 10.2. The molecule has 0 heterocycles. The molecule has 4 nitrogen and oxygen atoms in total. The first-order valence-electron chi connectivity index (χ1n) is 8.87. The Kier molecular flexibility index (Phi) is 6.84. The van der Waals surface area contributed by atoms with Crippen molar-refractivity contribution in [3.8, 4) is 11.5 Å². The molecule has 0 bridgehead atoms. The first kappa shape index (κ1) is 21.5. The maximum absolute atomic E-state index is 12.9. The monoisotopic (exact) mass is 434 g/mol. The summed E-state index contributed by atoms with van der Waals surface area (Å²) in [5.74, 6) is 1.07. The fourth-order valence-corrected chi connectivity index (χ4v) is 2.75. The summed E-state index contributed by atoms with van der Waals surface area (Å²) in [5, 5.41) is 4.11. The quantitative estimate of drug-likeness (QED) is 0.346. The van der Waals surface area contributed by atoms with Gasteiger partial charge < -0.3 is 9.47 Å². The summed E-state index contributed by atoms with van der Waals surface area (Å²) in [5.41, 5.74) is 3.44. The number of ether oxygens (including phenoxy) is 2. The van der Waals surface area contributed by atoms with E-state index in [-0.39, 0.29) is 10.7 Å². The van der Waals surface area contributed by atoms with E-state index in [0.717, 1.165) is 17.7 Å². The van der Waals surface area contributed by atoms with E-state index in [1.165, 1.54) is 19.4 Å². The van der Waals surface area contributed by atoms with Crippen LogP contribution in [-0.4, -0.2) is 13.3 Å². The van der Waals surface area contributed by atoms with Crippen molar-refractivity contribution in [1.29, 1.82) is 0 Å². The topological polar surface area (TPSA) is 42.8 Å². The Labute approximate surface area is 176 Å². The molecule has 8 heteroatoms. The second-order valence-electron chi connectivity index (χ2n) is 6.25. The number of nitrogens with one attached hydrogen (secondary N) is 1. The zero-order valence-corrected chi connectivity index (χ0v) is 16.7. The van der Waals surface area contributed by atoms with Gasteiger partial charge in [0.2, 0.25) is 0 Å². The second kappa shape index (κ2) is 9.54. The van der Waals surface area contributed by atoms with Crippen LogP contribution in [0.2, 0.25) is 5.02 Å². The minimum Gasteiger partial charge on any atom is -0.493 e. The van der Waals surface area contributed by atoms with E-state index < -0.39 is 11.7 Å². The highest BCUT2D eigenvalue weighted by atomic mass is 35.5. The minimum atomic E-state index is -4.47. The van der Waals surface area contributed by atoms with Crippen LogP contribution in [0.1, 0.15) is 16.7 Å². The van der Waals surface area contributed by atoms with Gasteiger partial charge in [0.25, 0.3) is 0 Å². The summed E-state index contributed by atoms with van der Waals surface area (Å²) in [6.45, 7) is 0.357. The van der Waals surface area contributed by atoms with Gasteiger partial charge in [-0.3, -0.25) is 5.43 Å². The smallest absolute Gasteiger partial charge is 0.416 e. The first-order valence-corrected chi connectivity index (χ1v) is 9.25. The first-order chi connectivity index (χ1) is 14.4. The van der Waals surface area contributed by atoms with E-state index in [2.05, 4.69) is 10.5 Å². The lowest BCUT2D eigenvalue weighted by Crippen LogP contribution is -2.05. The Morgan fingerprint density at radius 2 is 1.77 bits per heavy atom. The third-order valence-electron chi connectivity index (χ3n) is 4.12. The molecule has 0 fully saturated rings. The molecule has 156 valence electrons. The van der Waals surface area contributed by atoms with E-state index in [4.69, 9.17) is 21.1 Å². The SMILES string of the molecule is COc1ccc(C=NNc2cc(C(F)(F)F)ccc2Cl)cc1OCc1ccccc1. The average Bonchev–Trinajstić information content (AvgIpc) is 2.73. The van der Waals surface area contributed by atoms with Crippen LogP contribution in [0.25, 0.3) is 0 Å². The fraction of sp³-hybridized carbons (Fsp3) is 0.136. The van der Waals surface area contributed by atoms with Crippen molar-refractivity contribution in [3.05, 3.63) is 88.4 Å². The summed E-state index contributed by atoms with van der Waals surface area (Å²) < 4.78 is 49.7. The zero-order valence-electron chi connectivity index (χ0n) is 15.9. The Balaban J connectivity index is 1.73. The highest BCUT2D eigenvalue weighted by Crippen LogP contribution is 2.34. The van der Waals surface area contributed by atoms with E-state index in [1.54, 1.807) is 18.2 Å². The van der Waals surface area contributed by atoms with Gasteiger partial charge in [-0.2, -0.15) is 18.3 Å². The van der Waals surface area contributed by atoms with Crippen LogP contribution in [0.3, 0.4) is 0 Å². The van der Waals surface area contributed by atoms with Crippen LogP contribution in [-0.2, 0) is 12.8 Å². The van der Waals surface area contributed by atoms with Crippen molar-refractivity contribution in [3.63, 3.8) is 0 Å². The lowest BCUT2D eigenvalue weighted by molar-refractivity contribution is -0.137. The van der Waals surface area contributed by atoms with E-state index in [9.17, 15) is 13.2 Å². The number of halogens is 4. The third-order valence-corrected chi connectivity index (χ3v) is 4.45. The highest BCUT2D eigenvalue weighted by molar-refractivity contribution is 6.33. The van der Waals surface area contributed by atoms with Crippen molar-refractivity contribution in [1.82, 2.24) is 0 Å². The number of hydrogen-bond acceptors (Lipinski definition) is 4. The summed E-state index contributed by atoms with van der Waals surface area (Å²) in [7, 11) is 1.54. The van der Waals surface area contributed by atoms with Crippen LogP contribution in [0.4, 0.5) is 18.9 Å². The van der Waals surface area contributed by atoms with Gasteiger partial charge in [-0.05, 0) is 47.5 Å². The minimum absolute atomic E-state index is 0.0526. The van der Waals surface area contributed by atoms with Crippen LogP contribution in [0.15, 0.2) is 71.8 Å². The maximum atomic E-state index is 12.9. The molecule has 30 heavy (non-hydrogen) atoms. The Morgan fingerprint density at radius 1 is 1.00 bits per heavy atom. The summed E-state index contributed by atoms with van der Waals surface area (Å²) in [6, 6.07) is 17.8. The summed E-state index contributed by atoms with van der Waals surface area (Å²) in [6.07, 6.45) is -3.02. The largest absolute Gasteiger partial charge is 0.493 e. The standard InChI is InChI=1S/C22H18ClF3N2O2/c1-29-20-10-7-16(11-21(20)30-14-15-5-3-2-4-6-15)13-27-28-19-12-17(22(24,25)26)8-9-18(19)23/h2-13,28H,14H2,1H3. The van der Waals surface area contributed by atoms with Gasteiger partial charge in [0, 0.05) is 0 Å². The number of alkyl halides is 3. The highest BCUT2D eigenvalue weighted by Gasteiger charge is 2.30. The Bertz CT molecular complexity index is 1020. The maximum Gasteiger partial charge on any atom is 0.416 e. The Hall–Kier alpha value is -3.19. The van der Waals surface area contributed by atoms with Gasteiger partial charge in [0.05, 0.1) is 29.6 Å². The van der Waals surface area contributed by atoms with Gasteiger partial charge in [-0.15, -0.1) is 0 Å². The molecule has 0 amide bonds. The third kappa shape index (κ3) is 5.67. The molecule has 0 aliphatic rings. The van der Waals surface area contributed by atoms with Gasteiger partial charge in [-0.25, -0.2) is 0 Å². The molecule has 0 saturated carbocycles. The molecule has 1 N–H and O–H groups in total. The summed E-state index contributed by atoms with van der Waals surface area (Å²) in [4.78, 5) is 0. The van der Waals surface area contributed by atoms with Crippen LogP contribution in [0, 0.1) is 0 Å². The van der Waals surface area contributed by atoms with Crippen LogP contribution >= 0.6 is 11.6 Å². The molecule has 0 aromatic heterocycles. The van der Waals surface area contributed by atoms with Crippen molar-refractivity contribution < 1.29 is 22.6 Å². The lowest BCUT2D eigenvalue weighted by Gasteiger charge is -2.12. The zero-order chi connectivity index (χ0) is 21.6. The van der Waals surface area contributed by atoms with Gasteiger partial charge in [0.15, 0.2) is 11.5 Å². The number of hydrogen-bond donors (Lipinski definition) is 1. The number of anilines is 1. The van der Waals surface area contributed by atoms with E-state index >= 15 is 0 Å². The number of nitrogens with zero attached hydrogens (tertiary/aromatic N) is 1. The van der Waals surface area contributed by atoms with Crippen LogP contribution < -0.4 is 14.9 Å². The molecule has 0 atom stereocenters. The van der Waals surface area contributed by atoms with Crippen molar-refractivity contribution in [2.24, 2.45) is 5.10 Å². The fourth-order valence-electron chi connectivity index (χ4n) is 2.59.